The number of hydrogen-bond acceptors (Lipinski definition) is 3. The summed E-state index contributed by atoms with van der Waals surface area (Å²) in [6.45, 7) is 7.98. The zero-order chi connectivity index (χ0) is 17.6. The van der Waals surface area contributed by atoms with E-state index in [0.717, 1.165) is 0 Å². The van der Waals surface area contributed by atoms with Crippen molar-refractivity contribution in [2.45, 2.75) is 45.7 Å². The monoisotopic (exact) mass is 340 g/mol. The van der Waals surface area contributed by atoms with Gasteiger partial charge < -0.3 is 21.7 Å². The number of carbonyl (C=O) groups is 2. The number of carbonyl (C=O) groups excluding carboxylic acids is 2. The molecular weight excluding hydrogens is 316 g/mol. The molecule has 1 rings (SSSR count). The van der Waals surface area contributed by atoms with Crippen molar-refractivity contribution in [1.29, 1.82) is 0 Å². The van der Waals surface area contributed by atoms with Crippen molar-refractivity contribution in [2.75, 3.05) is 11.9 Å². The van der Waals surface area contributed by atoms with Gasteiger partial charge in [-0.2, -0.15) is 0 Å². The zero-order valence-electron chi connectivity index (χ0n) is 14.0. The van der Waals surface area contributed by atoms with E-state index in [1.165, 1.54) is 0 Å². The topological polar surface area (TPSA) is 96.2 Å². The van der Waals surface area contributed by atoms with E-state index in [1.807, 2.05) is 27.7 Å². The highest BCUT2D eigenvalue weighted by atomic mass is 35.5. The minimum atomic E-state index is -0.352. The van der Waals surface area contributed by atoms with Crippen LogP contribution in [-0.4, -0.2) is 30.1 Å². The van der Waals surface area contributed by atoms with Gasteiger partial charge in [-0.05, 0) is 52.3 Å². The second-order valence-corrected chi connectivity index (χ2v) is 6.95. The van der Waals surface area contributed by atoms with Crippen molar-refractivity contribution < 1.29 is 9.59 Å². The van der Waals surface area contributed by atoms with Gasteiger partial charge in [-0.25, -0.2) is 4.79 Å². The Morgan fingerprint density at radius 3 is 2.52 bits per heavy atom. The van der Waals surface area contributed by atoms with Gasteiger partial charge in [-0.3, -0.25) is 4.79 Å². The van der Waals surface area contributed by atoms with Gasteiger partial charge in [0.1, 0.15) is 0 Å². The van der Waals surface area contributed by atoms with Crippen LogP contribution in [0.1, 0.15) is 44.5 Å². The molecular formula is C16H25ClN4O2. The molecule has 7 heteroatoms. The second kappa shape index (κ2) is 8.17. The third kappa shape index (κ3) is 7.34. The fourth-order valence-corrected chi connectivity index (χ4v) is 1.99. The first-order valence-electron chi connectivity index (χ1n) is 7.51. The quantitative estimate of drug-likeness (QED) is 0.663. The lowest BCUT2D eigenvalue weighted by Crippen LogP contribution is -2.43. The van der Waals surface area contributed by atoms with E-state index in [1.54, 1.807) is 18.2 Å². The Morgan fingerprint density at radius 1 is 1.30 bits per heavy atom. The number of anilines is 1. The molecule has 128 valence electrons. The molecule has 0 bridgehead atoms. The molecule has 0 aromatic heterocycles. The predicted molar refractivity (Wildman–Crippen MR) is 94.0 cm³/mol. The van der Waals surface area contributed by atoms with Gasteiger partial charge in [0.15, 0.2) is 0 Å². The van der Waals surface area contributed by atoms with Crippen LogP contribution in [0.3, 0.4) is 0 Å². The van der Waals surface area contributed by atoms with Crippen LogP contribution in [-0.2, 0) is 0 Å². The number of nitrogens with one attached hydrogen (secondary N) is 3. The summed E-state index contributed by atoms with van der Waals surface area (Å²) < 4.78 is 0. The summed E-state index contributed by atoms with van der Waals surface area (Å²) in [5.74, 6) is -0.296. The maximum absolute atomic E-state index is 12.1. The summed E-state index contributed by atoms with van der Waals surface area (Å²) in [5.41, 5.74) is 6.10. The maximum atomic E-state index is 12.1. The van der Waals surface area contributed by atoms with E-state index in [4.69, 9.17) is 17.3 Å². The number of halogens is 1. The van der Waals surface area contributed by atoms with Crippen molar-refractivity contribution in [2.24, 2.45) is 5.73 Å². The van der Waals surface area contributed by atoms with E-state index in [-0.39, 0.29) is 23.5 Å². The van der Waals surface area contributed by atoms with Gasteiger partial charge in [0.2, 0.25) is 0 Å². The summed E-state index contributed by atoms with van der Waals surface area (Å²) >= 11 is 6.06. The molecule has 0 saturated carbocycles. The first-order chi connectivity index (χ1) is 10.6. The Labute approximate surface area is 142 Å². The predicted octanol–water partition coefficient (Wildman–Crippen LogP) is 2.73. The molecule has 5 N–H and O–H groups in total. The summed E-state index contributed by atoms with van der Waals surface area (Å²) in [5, 5.41) is 8.55. The van der Waals surface area contributed by atoms with Crippen molar-refractivity contribution in [3.63, 3.8) is 0 Å². The Morgan fingerprint density at radius 2 is 1.96 bits per heavy atom. The van der Waals surface area contributed by atoms with Crippen LogP contribution in [0.4, 0.5) is 10.5 Å². The molecule has 0 fully saturated rings. The standard InChI is InChI=1S/C16H25ClN4O2/c1-10(18)7-8-19-14(22)12-9-11(5-6-13(12)17)20-15(23)21-16(2,3)4/h5-6,9-10H,7-8,18H2,1-4H3,(H,19,22)(H2,20,21,23). The Hall–Kier alpha value is -1.79. The van der Waals surface area contributed by atoms with E-state index < -0.39 is 0 Å². The van der Waals surface area contributed by atoms with Crippen LogP contribution in [0.2, 0.25) is 5.02 Å². The molecule has 1 aromatic carbocycles. The van der Waals surface area contributed by atoms with Gasteiger partial charge in [-0.15, -0.1) is 0 Å². The molecule has 0 aliphatic heterocycles. The van der Waals surface area contributed by atoms with Crippen molar-refractivity contribution in [3.05, 3.63) is 28.8 Å². The van der Waals surface area contributed by atoms with Gasteiger partial charge in [0.05, 0.1) is 10.6 Å². The minimum absolute atomic E-state index is 0.0138. The average Bonchev–Trinajstić information content (AvgIpc) is 2.38. The van der Waals surface area contributed by atoms with Crippen LogP contribution in [0.5, 0.6) is 0 Å². The summed E-state index contributed by atoms with van der Waals surface area (Å²) in [4.78, 5) is 24.0. The first-order valence-corrected chi connectivity index (χ1v) is 7.89. The maximum Gasteiger partial charge on any atom is 0.319 e. The third-order valence-corrected chi connectivity index (χ3v) is 3.17. The fourth-order valence-electron chi connectivity index (χ4n) is 1.79. The zero-order valence-corrected chi connectivity index (χ0v) is 14.8. The molecule has 3 amide bonds. The highest BCUT2D eigenvalue weighted by Crippen LogP contribution is 2.20. The smallest absolute Gasteiger partial charge is 0.319 e. The van der Waals surface area contributed by atoms with Crippen molar-refractivity contribution in [1.82, 2.24) is 10.6 Å². The molecule has 23 heavy (non-hydrogen) atoms. The number of rotatable bonds is 5. The van der Waals surface area contributed by atoms with Crippen LogP contribution in [0.15, 0.2) is 18.2 Å². The van der Waals surface area contributed by atoms with Gasteiger partial charge in [-0.1, -0.05) is 11.6 Å². The van der Waals surface area contributed by atoms with Crippen LogP contribution < -0.4 is 21.7 Å². The van der Waals surface area contributed by atoms with Gasteiger partial charge >= 0.3 is 6.03 Å². The Balaban J connectivity index is 2.75. The molecule has 1 atom stereocenters. The highest BCUT2D eigenvalue weighted by Gasteiger charge is 2.15. The second-order valence-electron chi connectivity index (χ2n) is 6.55. The Bertz CT molecular complexity index is 568. The lowest BCUT2D eigenvalue weighted by Gasteiger charge is -2.21. The van der Waals surface area contributed by atoms with Crippen molar-refractivity contribution >= 4 is 29.2 Å². The van der Waals surface area contributed by atoms with E-state index in [2.05, 4.69) is 16.0 Å². The number of amides is 3. The van der Waals surface area contributed by atoms with E-state index in [9.17, 15) is 9.59 Å². The molecule has 0 heterocycles. The number of hydrogen-bond donors (Lipinski definition) is 4. The van der Waals surface area contributed by atoms with Crippen LogP contribution >= 0.6 is 11.6 Å². The number of nitrogens with two attached hydrogens (primary N) is 1. The molecule has 6 nitrogen and oxygen atoms in total. The first kappa shape index (κ1) is 19.3. The Kier molecular flexibility index (Phi) is 6.84. The van der Waals surface area contributed by atoms with E-state index >= 15 is 0 Å². The molecule has 0 spiro atoms. The molecule has 0 aliphatic carbocycles. The highest BCUT2D eigenvalue weighted by molar-refractivity contribution is 6.34. The lowest BCUT2D eigenvalue weighted by atomic mass is 10.1. The van der Waals surface area contributed by atoms with E-state index in [0.29, 0.717) is 29.2 Å². The SMILES string of the molecule is CC(N)CCNC(=O)c1cc(NC(=O)NC(C)(C)C)ccc1Cl. The molecule has 1 aromatic rings. The number of benzene rings is 1. The third-order valence-electron chi connectivity index (χ3n) is 2.84. The van der Waals surface area contributed by atoms with Gasteiger partial charge in [0, 0.05) is 23.8 Å². The molecule has 0 saturated heterocycles. The summed E-state index contributed by atoms with van der Waals surface area (Å²) in [6.07, 6.45) is 0.676. The number of urea groups is 1. The molecule has 0 aliphatic rings. The van der Waals surface area contributed by atoms with Crippen molar-refractivity contribution in [3.8, 4) is 0 Å². The summed E-state index contributed by atoms with van der Waals surface area (Å²) in [7, 11) is 0. The van der Waals surface area contributed by atoms with Crippen LogP contribution in [0, 0.1) is 0 Å². The lowest BCUT2D eigenvalue weighted by molar-refractivity contribution is 0.0953. The van der Waals surface area contributed by atoms with Crippen LogP contribution in [0.25, 0.3) is 0 Å². The summed E-state index contributed by atoms with van der Waals surface area (Å²) in [6, 6.07) is 4.44. The minimum Gasteiger partial charge on any atom is -0.352 e. The van der Waals surface area contributed by atoms with Gasteiger partial charge in [0.25, 0.3) is 5.91 Å². The average molecular weight is 341 g/mol. The normalized spacial score (nSPS) is 12.4. The molecule has 0 radical (unpaired) electrons. The fraction of sp³-hybridized carbons (Fsp3) is 0.500. The molecule has 1 unspecified atom stereocenters. The largest absolute Gasteiger partial charge is 0.352 e.